The van der Waals surface area contributed by atoms with Crippen LogP contribution in [0.25, 0.3) is 0 Å². The van der Waals surface area contributed by atoms with Gasteiger partial charge in [-0.15, -0.1) is 0 Å². The monoisotopic (exact) mass is 706 g/mol. The largest absolute Gasteiger partial charge is 0.469 e. The van der Waals surface area contributed by atoms with E-state index in [0.717, 1.165) is 79.9 Å². The van der Waals surface area contributed by atoms with Crippen LogP contribution in [-0.4, -0.2) is 65.1 Å². The molecule has 0 saturated heterocycles. The van der Waals surface area contributed by atoms with Crippen LogP contribution in [0.2, 0.25) is 0 Å². The van der Waals surface area contributed by atoms with Gasteiger partial charge in [-0.05, 0) is 80.2 Å². The van der Waals surface area contributed by atoms with E-state index in [1.807, 2.05) is 18.9 Å². The summed E-state index contributed by atoms with van der Waals surface area (Å²) in [5, 5.41) is 0. The van der Waals surface area contributed by atoms with Crippen molar-refractivity contribution in [3.05, 3.63) is 140 Å². The molecule has 2 N–H and O–H groups in total. The van der Waals surface area contributed by atoms with Gasteiger partial charge in [-0.1, -0.05) is 13.8 Å². The van der Waals surface area contributed by atoms with Crippen LogP contribution in [-0.2, 0) is 14.3 Å². The number of aliphatic imine (C=N–C) groups is 2. The number of hydrogen-bond donors (Lipinski definition) is 2. The Morgan fingerprint density at radius 2 is 1.60 bits per heavy atom. The second-order valence-corrected chi connectivity index (χ2v) is 14.8. The van der Waals surface area contributed by atoms with E-state index in [1.165, 1.54) is 29.4 Å². The standard InChI is InChI=1S/C44H44N6O3/c1-8-30-24(2)35-21-39-33(23-50-17-13-29(14-18-50)28-11-15-49(6)16-12-28)26(4)34(46-39)20-36-25(3)31(9-10-41(52)53-7)43(47-36)32-19-40(51)42-27(5)37(48-44(32)42)22-38(30)45-35/h11-18,20-22,25,31H,8-10,19,23H2,1-7H3/p+2/t25-,31-/m0/s1. The molecule has 0 spiro atoms. The molecule has 0 amide bonds. The second kappa shape index (κ2) is 13.4. The van der Waals surface area contributed by atoms with Gasteiger partial charge in [0.1, 0.15) is 0 Å². The molecule has 1 aliphatic carbocycles. The summed E-state index contributed by atoms with van der Waals surface area (Å²) in [7, 11) is 3.45. The zero-order chi connectivity index (χ0) is 37.1. The summed E-state index contributed by atoms with van der Waals surface area (Å²) < 4.78 is 5.04. The predicted molar refractivity (Wildman–Crippen MR) is 208 cm³/mol. The second-order valence-electron chi connectivity index (χ2n) is 14.8. The summed E-state index contributed by atoms with van der Waals surface area (Å²) in [6.45, 7) is 11.3. The van der Waals surface area contributed by atoms with Crippen LogP contribution < -0.4 is 9.98 Å². The van der Waals surface area contributed by atoms with E-state index in [0.29, 0.717) is 13.0 Å². The first-order chi connectivity index (χ1) is 25.5. The summed E-state index contributed by atoms with van der Waals surface area (Å²) >= 11 is 0. The molecule has 2 atom stereocenters. The fourth-order valence-corrected chi connectivity index (χ4v) is 8.41. The number of methoxy groups -OCH3 is 1. The van der Waals surface area contributed by atoms with Gasteiger partial charge in [-0.2, -0.15) is 0 Å². The van der Waals surface area contributed by atoms with Gasteiger partial charge >= 0.3 is 5.97 Å². The van der Waals surface area contributed by atoms with Gasteiger partial charge in [0.15, 0.2) is 5.78 Å². The van der Waals surface area contributed by atoms with E-state index in [1.54, 1.807) is 0 Å². The molecule has 1 saturated carbocycles. The first-order valence-electron chi connectivity index (χ1n) is 18.6. The maximum Gasteiger partial charge on any atom is 0.305 e. The molecule has 53 heavy (non-hydrogen) atoms. The Morgan fingerprint density at radius 1 is 0.906 bits per heavy atom. The lowest BCUT2D eigenvalue weighted by molar-refractivity contribution is -0.387. The zero-order valence-electron chi connectivity index (χ0n) is 31.6. The maximum atomic E-state index is 13.7. The molecule has 7 heterocycles. The van der Waals surface area contributed by atoms with Crippen molar-refractivity contribution in [2.45, 2.75) is 60.3 Å². The Kier molecular flexibility index (Phi) is 8.68. The van der Waals surface area contributed by atoms with Crippen LogP contribution in [0.15, 0.2) is 150 Å². The number of Topliss-reactive ketones (excluding diaryl/α,β-unsaturated/α-hetero) is 1. The molecule has 268 valence electrons. The first kappa shape index (κ1) is 34.4. The zero-order valence-corrected chi connectivity index (χ0v) is 31.6. The lowest BCUT2D eigenvalue weighted by atomic mass is 9.84. The first-order valence-corrected chi connectivity index (χ1v) is 18.6. The minimum absolute atomic E-state index is 0.0213. The highest BCUT2D eigenvalue weighted by Gasteiger charge is 2.46. The van der Waals surface area contributed by atoms with Gasteiger partial charge in [0, 0.05) is 85.9 Å². The van der Waals surface area contributed by atoms with Gasteiger partial charge in [-0.3, -0.25) is 14.6 Å². The van der Waals surface area contributed by atoms with Crippen LogP contribution in [0.1, 0.15) is 60.3 Å². The van der Waals surface area contributed by atoms with Crippen LogP contribution in [0.3, 0.4) is 0 Å². The molecule has 1 fully saturated rings. The van der Waals surface area contributed by atoms with Crippen molar-refractivity contribution in [3.8, 4) is 0 Å². The van der Waals surface area contributed by atoms with Crippen molar-refractivity contribution in [2.24, 2.45) is 21.8 Å². The number of ketones is 1. The fourth-order valence-electron chi connectivity index (χ4n) is 8.41. The third kappa shape index (κ3) is 5.98. The average Bonchev–Trinajstić information content (AvgIpc) is 3.91. The van der Waals surface area contributed by atoms with Crippen molar-refractivity contribution >= 4 is 34.6 Å². The lowest BCUT2D eigenvalue weighted by Gasteiger charge is -2.21. The molecule has 0 radical (unpaired) electrons. The topological polar surface area (TPSA) is 103 Å². The molecule has 0 aromatic heterocycles. The van der Waals surface area contributed by atoms with Crippen LogP contribution in [0, 0.1) is 11.8 Å². The molecule has 9 heteroatoms. The number of carbonyl (C=O) groups excluding carboxylic acids is 2. The number of carbonyl (C=O) groups is 2. The maximum absolute atomic E-state index is 13.7. The van der Waals surface area contributed by atoms with Crippen molar-refractivity contribution in [3.63, 3.8) is 0 Å². The molecule has 8 bridgehead atoms. The van der Waals surface area contributed by atoms with E-state index in [2.05, 4.69) is 110 Å². The number of nitrogens with one attached hydrogen (secondary N) is 2. The van der Waals surface area contributed by atoms with Gasteiger partial charge in [0.25, 0.3) is 0 Å². The summed E-state index contributed by atoms with van der Waals surface area (Å²) in [6.07, 6.45) is 25.4. The minimum Gasteiger partial charge on any atom is -0.469 e. The van der Waals surface area contributed by atoms with Gasteiger partial charge in [0.05, 0.1) is 53.2 Å². The van der Waals surface area contributed by atoms with E-state index >= 15 is 0 Å². The average molecular weight is 707 g/mol. The Bertz CT molecular complexity index is 2270. The normalized spacial score (nSPS) is 24.5. The third-order valence-electron chi connectivity index (χ3n) is 11.7. The Morgan fingerprint density at radius 3 is 2.30 bits per heavy atom. The number of nitrogens with zero attached hydrogens (tertiary/aromatic N) is 4. The molecule has 7 aliphatic heterocycles. The molecule has 9 nitrogen and oxygen atoms in total. The van der Waals surface area contributed by atoms with E-state index < -0.39 is 0 Å². The predicted octanol–water partition coefficient (Wildman–Crippen LogP) is 4.04. The van der Waals surface area contributed by atoms with Crippen molar-refractivity contribution in [2.75, 3.05) is 20.7 Å². The number of allylic oxidation sites excluding steroid dienone is 16. The molecule has 8 rings (SSSR count). The highest BCUT2D eigenvalue weighted by atomic mass is 16.5. The van der Waals surface area contributed by atoms with Crippen LogP contribution in [0.5, 0.6) is 0 Å². The summed E-state index contributed by atoms with van der Waals surface area (Å²) in [4.78, 5) is 48.2. The van der Waals surface area contributed by atoms with Crippen LogP contribution in [0.4, 0.5) is 0 Å². The molecular formula is C44H46N6O3+2. The Balaban J connectivity index is 1.25. The number of fused-ring (bicyclic) bond motifs is 4. The summed E-state index contributed by atoms with van der Waals surface area (Å²) in [5.41, 5.74) is 17.0. The SMILES string of the molecule is CCC1=C(C)C2=CC3=[NH+]C(=CC4=NC(=C5CC(=O)C6=C(C)C(=CC1=N2)[NH+]=C56)[C@@H](CCC(=O)OC)[C@@H]4C)C(C)=C3CN1C=CC(=C2C=CN(C)C=C2)C=C1. The molecule has 0 aromatic carbocycles. The van der Waals surface area contributed by atoms with Crippen LogP contribution >= 0.6 is 0 Å². The van der Waals surface area contributed by atoms with E-state index in [-0.39, 0.29) is 36.4 Å². The highest BCUT2D eigenvalue weighted by Crippen LogP contribution is 2.42. The minimum atomic E-state index is -0.245. The van der Waals surface area contributed by atoms with Crippen molar-refractivity contribution in [1.82, 2.24) is 9.80 Å². The molecular weight excluding hydrogens is 661 g/mol. The number of esters is 1. The van der Waals surface area contributed by atoms with E-state index in [9.17, 15) is 9.59 Å². The fraction of sp³-hybridized carbons (Fsp3) is 0.318. The van der Waals surface area contributed by atoms with Crippen molar-refractivity contribution < 1.29 is 24.3 Å². The van der Waals surface area contributed by atoms with Crippen molar-refractivity contribution in [1.29, 1.82) is 0 Å². The Labute approximate surface area is 311 Å². The number of hydrogen-bond acceptors (Lipinski definition) is 7. The highest BCUT2D eigenvalue weighted by molar-refractivity contribution is 6.35. The van der Waals surface area contributed by atoms with E-state index in [4.69, 9.17) is 14.7 Å². The molecule has 0 aromatic rings. The smallest absolute Gasteiger partial charge is 0.305 e. The lowest BCUT2D eigenvalue weighted by Crippen LogP contribution is -2.68. The molecule has 8 aliphatic rings. The summed E-state index contributed by atoms with van der Waals surface area (Å²) in [5.74, 6) is -0.174. The summed E-state index contributed by atoms with van der Waals surface area (Å²) in [6, 6.07) is 0. The number of rotatable bonds is 6. The number of ether oxygens (including phenoxy) is 1. The third-order valence-corrected chi connectivity index (χ3v) is 11.7. The van der Waals surface area contributed by atoms with Gasteiger partial charge in [-0.25, -0.2) is 15.0 Å². The quantitative estimate of drug-likeness (QED) is 0.407. The van der Waals surface area contributed by atoms with Gasteiger partial charge < -0.3 is 14.5 Å². The Hall–Kier alpha value is -5.70. The molecule has 0 unspecified atom stereocenters. The van der Waals surface area contributed by atoms with Gasteiger partial charge in [0.2, 0.25) is 22.8 Å².